The van der Waals surface area contributed by atoms with Gasteiger partial charge in [-0.3, -0.25) is 19.5 Å². The minimum atomic E-state index is 0.0609. The van der Waals surface area contributed by atoms with E-state index in [1.807, 2.05) is 30.9 Å². The summed E-state index contributed by atoms with van der Waals surface area (Å²) in [6.45, 7) is 8.06. The van der Waals surface area contributed by atoms with Crippen LogP contribution in [0.25, 0.3) is 0 Å². The molecule has 1 aromatic rings. The van der Waals surface area contributed by atoms with Gasteiger partial charge in [0, 0.05) is 50.5 Å². The van der Waals surface area contributed by atoms with Gasteiger partial charge in [-0.2, -0.15) is 0 Å². The molecule has 1 N–H and O–H groups in total. The second kappa shape index (κ2) is 9.31. The van der Waals surface area contributed by atoms with Crippen LogP contribution < -0.4 is 5.32 Å². The zero-order valence-electron chi connectivity index (χ0n) is 16.6. The van der Waals surface area contributed by atoms with Crippen LogP contribution in [-0.2, 0) is 16.1 Å². The van der Waals surface area contributed by atoms with Crippen LogP contribution in [0.4, 0.5) is 0 Å². The number of carbonyl (C=O) groups is 2. The van der Waals surface area contributed by atoms with Crippen molar-refractivity contribution in [3.05, 3.63) is 30.1 Å². The third-order valence-electron chi connectivity index (χ3n) is 5.80. The molecule has 1 atom stereocenters. The molecule has 2 saturated heterocycles. The van der Waals surface area contributed by atoms with Crippen molar-refractivity contribution in [3.8, 4) is 0 Å². The van der Waals surface area contributed by atoms with Gasteiger partial charge < -0.3 is 10.2 Å². The summed E-state index contributed by atoms with van der Waals surface area (Å²) in [5.74, 6) is 0.547. The zero-order valence-corrected chi connectivity index (χ0v) is 16.6. The molecule has 0 aliphatic carbocycles. The Morgan fingerprint density at radius 3 is 2.67 bits per heavy atom. The first-order chi connectivity index (χ1) is 13.0. The molecule has 148 valence electrons. The summed E-state index contributed by atoms with van der Waals surface area (Å²) in [4.78, 5) is 33.3. The average molecular weight is 373 g/mol. The number of aromatic nitrogens is 1. The van der Waals surface area contributed by atoms with Crippen LogP contribution in [0.3, 0.4) is 0 Å². The van der Waals surface area contributed by atoms with E-state index in [9.17, 15) is 9.59 Å². The lowest BCUT2D eigenvalue weighted by Crippen LogP contribution is -2.52. The van der Waals surface area contributed by atoms with Crippen molar-refractivity contribution >= 4 is 11.8 Å². The minimum absolute atomic E-state index is 0.0609. The Bertz CT molecular complexity index is 626. The molecule has 6 heteroatoms. The Balaban J connectivity index is 1.46. The highest BCUT2D eigenvalue weighted by Crippen LogP contribution is 2.24. The van der Waals surface area contributed by atoms with E-state index in [1.165, 1.54) is 0 Å². The van der Waals surface area contributed by atoms with E-state index in [4.69, 9.17) is 0 Å². The summed E-state index contributed by atoms with van der Waals surface area (Å²) in [5, 5.41) is 3.07. The second-order valence-electron chi connectivity index (χ2n) is 8.12. The predicted molar refractivity (Wildman–Crippen MR) is 105 cm³/mol. The van der Waals surface area contributed by atoms with Crippen molar-refractivity contribution in [2.75, 3.05) is 26.2 Å². The molecule has 6 nitrogen and oxygen atoms in total. The van der Waals surface area contributed by atoms with Crippen molar-refractivity contribution in [1.82, 2.24) is 20.1 Å². The Morgan fingerprint density at radius 1 is 1.22 bits per heavy atom. The summed E-state index contributed by atoms with van der Waals surface area (Å²) < 4.78 is 0. The minimum Gasteiger partial charge on any atom is -0.352 e. The Kier molecular flexibility index (Phi) is 6.83. The molecule has 2 fully saturated rings. The van der Waals surface area contributed by atoms with E-state index in [-0.39, 0.29) is 23.7 Å². The fraction of sp³-hybridized carbons (Fsp3) is 0.667. The van der Waals surface area contributed by atoms with Crippen molar-refractivity contribution in [2.24, 2.45) is 11.8 Å². The first-order valence-electron chi connectivity index (χ1n) is 10.2. The monoisotopic (exact) mass is 372 g/mol. The summed E-state index contributed by atoms with van der Waals surface area (Å²) in [6, 6.07) is 4.36. The lowest BCUT2D eigenvalue weighted by atomic mass is 9.93. The van der Waals surface area contributed by atoms with E-state index in [1.54, 1.807) is 12.4 Å². The van der Waals surface area contributed by atoms with Crippen molar-refractivity contribution in [2.45, 2.75) is 52.1 Å². The van der Waals surface area contributed by atoms with Crippen molar-refractivity contribution in [3.63, 3.8) is 0 Å². The molecular formula is C21H32N4O2. The largest absolute Gasteiger partial charge is 0.352 e. The highest BCUT2D eigenvalue weighted by Gasteiger charge is 2.32. The molecule has 27 heavy (non-hydrogen) atoms. The summed E-state index contributed by atoms with van der Waals surface area (Å²) >= 11 is 0. The van der Waals surface area contributed by atoms with Gasteiger partial charge in [0.15, 0.2) is 0 Å². The lowest BCUT2D eigenvalue weighted by molar-refractivity contribution is -0.136. The van der Waals surface area contributed by atoms with Gasteiger partial charge in [-0.05, 0) is 43.9 Å². The number of carbonyl (C=O) groups excluding carboxylic acids is 2. The standard InChI is InChI=1S/C21H32N4O2/c1-16(2)21(27)24-11-7-19(8-12-24)25-10-4-6-18(15-25)20(26)23-14-17-5-3-9-22-13-17/h3,5,9,13,16,18-19H,4,6-8,10-12,14-15H2,1-2H3,(H,23,26)/t18-/m0/s1. The molecule has 2 aliphatic rings. The molecule has 1 aromatic heterocycles. The highest BCUT2D eigenvalue weighted by atomic mass is 16.2. The Labute approximate surface area is 162 Å². The van der Waals surface area contributed by atoms with Gasteiger partial charge in [0.25, 0.3) is 0 Å². The number of nitrogens with one attached hydrogen (secondary N) is 1. The van der Waals surface area contributed by atoms with E-state index in [2.05, 4.69) is 15.2 Å². The smallest absolute Gasteiger partial charge is 0.225 e. The fourth-order valence-electron chi connectivity index (χ4n) is 4.20. The number of amides is 2. The number of hydrogen-bond donors (Lipinski definition) is 1. The number of piperidine rings is 2. The van der Waals surface area contributed by atoms with E-state index >= 15 is 0 Å². The first kappa shape index (κ1) is 19.8. The quantitative estimate of drug-likeness (QED) is 0.859. The van der Waals surface area contributed by atoms with Crippen LogP contribution in [0, 0.1) is 11.8 Å². The average Bonchev–Trinajstić information content (AvgIpc) is 2.72. The van der Waals surface area contributed by atoms with Gasteiger partial charge >= 0.3 is 0 Å². The summed E-state index contributed by atoms with van der Waals surface area (Å²) in [5.41, 5.74) is 1.03. The molecule has 0 bridgehead atoms. The zero-order chi connectivity index (χ0) is 19.2. The third-order valence-corrected chi connectivity index (χ3v) is 5.80. The number of pyridine rings is 1. The highest BCUT2D eigenvalue weighted by molar-refractivity contribution is 5.79. The van der Waals surface area contributed by atoms with Gasteiger partial charge in [-0.1, -0.05) is 19.9 Å². The Hall–Kier alpha value is -1.95. The van der Waals surface area contributed by atoms with Crippen LogP contribution in [-0.4, -0.2) is 58.8 Å². The molecule has 0 unspecified atom stereocenters. The van der Waals surface area contributed by atoms with Crippen molar-refractivity contribution < 1.29 is 9.59 Å². The number of nitrogens with zero attached hydrogens (tertiary/aromatic N) is 3. The maximum atomic E-state index is 12.6. The van der Waals surface area contributed by atoms with Crippen molar-refractivity contribution in [1.29, 1.82) is 0 Å². The van der Waals surface area contributed by atoms with Crippen LogP contribution >= 0.6 is 0 Å². The molecule has 3 rings (SSSR count). The number of rotatable bonds is 5. The van der Waals surface area contributed by atoms with Gasteiger partial charge in [0.05, 0.1) is 5.92 Å². The molecule has 0 aromatic carbocycles. The van der Waals surface area contributed by atoms with Crippen LogP contribution in [0.5, 0.6) is 0 Å². The SMILES string of the molecule is CC(C)C(=O)N1CCC(N2CCC[C@H](C(=O)NCc3cccnc3)C2)CC1. The van der Waals surface area contributed by atoms with E-state index in [0.29, 0.717) is 12.6 Å². The lowest BCUT2D eigenvalue weighted by Gasteiger charge is -2.42. The predicted octanol–water partition coefficient (Wildman–Crippen LogP) is 2.06. The summed E-state index contributed by atoms with van der Waals surface area (Å²) in [6.07, 6.45) is 7.59. The molecule has 0 spiro atoms. The molecule has 3 heterocycles. The van der Waals surface area contributed by atoms with Crippen LogP contribution in [0.2, 0.25) is 0 Å². The summed E-state index contributed by atoms with van der Waals surface area (Å²) in [7, 11) is 0. The van der Waals surface area contributed by atoms with Gasteiger partial charge in [0.1, 0.15) is 0 Å². The normalized spacial score (nSPS) is 22.0. The molecule has 2 amide bonds. The first-order valence-corrected chi connectivity index (χ1v) is 10.2. The maximum Gasteiger partial charge on any atom is 0.225 e. The molecular weight excluding hydrogens is 340 g/mol. The van der Waals surface area contributed by atoms with Crippen LogP contribution in [0.15, 0.2) is 24.5 Å². The molecule has 0 radical (unpaired) electrons. The van der Waals surface area contributed by atoms with E-state index < -0.39 is 0 Å². The van der Waals surface area contributed by atoms with Gasteiger partial charge in [-0.15, -0.1) is 0 Å². The molecule has 2 aliphatic heterocycles. The van der Waals surface area contributed by atoms with Gasteiger partial charge in [-0.25, -0.2) is 0 Å². The number of hydrogen-bond acceptors (Lipinski definition) is 4. The number of likely N-dealkylation sites (tertiary alicyclic amines) is 2. The van der Waals surface area contributed by atoms with Crippen LogP contribution in [0.1, 0.15) is 45.1 Å². The van der Waals surface area contributed by atoms with E-state index in [0.717, 1.165) is 57.4 Å². The molecule has 0 saturated carbocycles. The second-order valence-corrected chi connectivity index (χ2v) is 8.12. The maximum absolute atomic E-state index is 12.6. The van der Waals surface area contributed by atoms with Gasteiger partial charge in [0.2, 0.25) is 11.8 Å². The third kappa shape index (κ3) is 5.28. The Morgan fingerprint density at radius 2 is 2.00 bits per heavy atom. The fourth-order valence-corrected chi connectivity index (χ4v) is 4.20. The topological polar surface area (TPSA) is 65.5 Å².